The molecule has 4 aromatic rings. The summed E-state index contributed by atoms with van der Waals surface area (Å²) in [4.78, 5) is 39.5. The molecular weight excluding hydrogens is 482 g/mol. The van der Waals surface area contributed by atoms with Crippen molar-refractivity contribution in [1.29, 1.82) is 0 Å². The molecule has 1 aliphatic rings. The second-order valence-corrected chi connectivity index (χ2v) is 10.8. The second-order valence-electron chi connectivity index (χ2n) is 10.8. The van der Waals surface area contributed by atoms with Gasteiger partial charge in [-0.1, -0.05) is 0 Å². The summed E-state index contributed by atoms with van der Waals surface area (Å²) in [5.41, 5.74) is 2.74. The van der Waals surface area contributed by atoms with Gasteiger partial charge in [0.05, 0.1) is 5.54 Å². The van der Waals surface area contributed by atoms with Crippen molar-refractivity contribution in [2.75, 3.05) is 43.4 Å². The molecule has 0 unspecified atom stereocenters. The first-order valence-electron chi connectivity index (χ1n) is 13.0. The Morgan fingerprint density at radius 3 is 2.42 bits per heavy atom. The molecule has 0 aliphatic carbocycles. The van der Waals surface area contributed by atoms with Crippen LogP contribution in [0.15, 0.2) is 46.1 Å². The van der Waals surface area contributed by atoms with Gasteiger partial charge >= 0.3 is 0 Å². The van der Waals surface area contributed by atoms with E-state index in [-0.39, 0.29) is 11.1 Å². The molecule has 11 heteroatoms. The Kier molecular flexibility index (Phi) is 6.56. The largest absolute Gasteiger partial charge is 0.369 e. The number of fused-ring (bicyclic) bond motifs is 1. The summed E-state index contributed by atoms with van der Waals surface area (Å²) >= 11 is 0. The lowest BCUT2D eigenvalue weighted by molar-refractivity contribution is 0.312. The first-order chi connectivity index (χ1) is 18.1. The van der Waals surface area contributed by atoms with Crippen LogP contribution in [0.5, 0.6) is 0 Å². The number of piperazine rings is 1. The Morgan fingerprint density at radius 1 is 1.03 bits per heavy atom. The third-order valence-corrected chi connectivity index (χ3v) is 6.91. The van der Waals surface area contributed by atoms with Crippen molar-refractivity contribution in [2.45, 2.75) is 46.7 Å². The van der Waals surface area contributed by atoms with Crippen LogP contribution in [0, 0.1) is 6.92 Å². The summed E-state index contributed by atoms with van der Waals surface area (Å²) < 4.78 is 4.63. The smallest absolute Gasteiger partial charge is 0.278 e. The minimum absolute atomic E-state index is 0.211. The third-order valence-electron chi connectivity index (χ3n) is 6.91. The minimum atomic E-state index is -0.525. The number of rotatable bonds is 5. The fourth-order valence-corrected chi connectivity index (χ4v) is 4.87. The Bertz CT molecular complexity index is 1600. The van der Waals surface area contributed by atoms with E-state index < -0.39 is 5.54 Å². The van der Waals surface area contributed by atoms with Gasteiger partial charge in [0.1, 0.15) is 5.39 Å². The molecule has 0 atom stereocenters. The molecule has 0 radical (unpaired) electrons. The molecule has 11 nitrogen and oxygen atoms in total. The number of benzene rings is 1. The quantitative estimate of drug-likeness (QED) is 0.431. The topological polar surface area (TPSA) is 106 Å². The van der Waals surface area contributed by atoms with Gasteiger partial charge in [0.15, 0.2) is 11.5 Å². The SMILES string of the molecule is CCn1c(=O)c2cnc(Nc3ccc(N4CCN(C)CC4)c(C)c3)nc2n1-c1ccc(=O)n(C(C)(C)C)n1. The summed E-state index contributed by atoms with van der Waals surface area (Å²) in [5, 5.41) is 8.27. The molecule has 0 amide bonds. The van der Waals surface area contributed by atoms with Crippen LogP contribution in [0.25, 0.3) is 16.9 Å². The molecule has 5 rings (SSSR count). The van der Waals surface area contributed by atoms with E-state index in [1.807, 2.05) is 33.8 Å². The molecule has 0 spiro atoms. The van der Waals surface area contributed by atoms with Crippen LogP contribution in [0.3, 0.4) is 0 Å². The van der Waals surface area contributed by atoms with Gasteiger partial charge in [0.25, 0.3) is 11.1 Å². The molecular formula is C27H35N9O2. The molecule has 4 heterocycles. The van der Waals surface area contributed by atoms with Gasteiger partial charge in [0.2, 0.25) is 5.95 Å². The summed E-state index contributed by atoms with van der Waals surface area (Å²) in [7, 11) is 2.15. The van der Waals surface area contributed by atoms with Crippen molar-refractivity contribution in [3.05, 3.63) is 62.8 Å². The highest BCUT2D eigenvalue weighted by Gasteiger charge is 2.21. The standard InChI is InChI=1S/C27H35N9O2/c1-7-34-25(38)20-17-28-26(29-19-8-9-21(18(2)16-19)33-14-12-32(6)13-15-33)30-24(20)35(34)22-10-11-23(37)36(31-22)27(3,4)5/h8-11,16-17H,7,12-15H2,1-6H3,(H,28,29,30). The van der Waals surface area contributed by atoms with Crippen LogP contribution in [0.1, 0.15) is 33.3 Å². The molecule has 1 saturated heterocycles. The molecule has 1 aromatic carbocycles. The number of aryl methyl sites for hydroxylation is 1. The Morgan fingerprint density at radius 2 is 1.76 bits per heavy atom. The summed E-state index contributed by atoms with van der Waals surface area (Å²) in [5.74, 6) is 0.806. The number of hydrogen-bond donors (Lipinski definition) is 1. The molecule has 1 aliphatic heterocycles. The zero-order valence-corrected chi connectivity index (χ0v) is 22.9. The van der Waals surface area contributed by atoms with Crippen LogP contribution < -0.4 is 21.3 Å². The number of nitrogens with one attached hydrogen (secondary N) is 1. The fraction of sp³-hybridized carbons (Fsp3) is 0.444. The summed E-state index contributed by atoms with van der Waals surface area (Å²) in [6.07, 6.45) is 1.54. The molecule has 0 bridgehead atoms. The lowest BCUT2D eigenvalue weighted by atomic mass is 10.1. The van der Waals surface area contributed by atoms with Crippen LogP contribution in [0.4, 0.5) is 17.3 Å². The molecule has 1 fully saturated rings. The predicted octanol–water partition coefficient (Wildman–Crippen LogP) is 2.72. The maximum absolute atomic E-state index is 13.2. The van der Waals surface area contributed by atoms with Crippen molar-refractivity contribution in [2.24, 2.45) is 0 Å². The van der Waals surface area contributed by atoms with E-state index in [1.165, 1.54) is 22.0 Å². The van der Waals surface area contributed by atoms with Crippen molar-refractivity contribution in [3.63, 3.8) is 0 Å². The van der Waals surface area contributed by atoms with Crippen molar-refractivity contribution in [1.82, 2.24) is 34.0 Å². The zero-order chi connectivity index (χ0) is 27.2. The van der Waals surface area contributed by atoms with Crippen molar-refractivity contribution in [3.8, 4) is 5.82 Å². The second kappa shape index (κ2) is 9.71. The van der Waals surface area contributed by atoms with Crippen LogP contribution in [0.2, 0.25) is 0 Å². The average Bonchev–Trinajstić information content (AvgIpc) is 3.15. The summed E-state index contributed by atoms with van der Waals surface area (Å²) in [6, 6.07) is 9.33. The Hall–Kier alpha value is -3.99. The van der Waals surface area contributed by atoms with E-state index in [0.29, 0.717) is 29.3 Å². The van der Waals surface area contributed by atoms with Crippen LogP contribution in [-0.4, -0.2) is 67.2 Å². The number of aromatic nitrogens is 6. The van der Waals surface area contributed by atoms with Gasteiger partial charge in [0, 0.05) is 56.4 Å². The number of likely N-dealkylation sites (N-methyl/N-ethyl adjacent to an activating group) is 1. The Balaban J connectivity index is 1.52. The highest BCUT2D eigenvalue weighted by Crippen LogP contribution is 2.26. The number of anilines is 3. The maximum atomic E-state index is 13.2. The predicted molar refractivity (Wildman–Crippen MR) is 150 cm³/mol. The van der Waals surface area contributed by atoms with Crippen molar-refractivity contribution >= 4 is 28.4 Å². The van der Waals surface area contributed by atoms with Gasteiger partial charge in [-0.05, 0) is 71.5 Å². The van der Waals surface area contributed by atoms with Gasteiger partial charge in [-0.15, -0.1) is 5.10 Å². The first kappa shape index (κ1) is 25.7. The molecule has 1 N–H and O–H groups in total. The van der Waals surface area contributed by atoms with Gasteiger partial charge in [-0.2, -0.15) is 4.98 Å². The van der Waals surface area contributed by atoms with E-state index in [9.17, 15) is 9.59 Å². The van der Waals surface area contributed by atoms with Gasteiger partial charge in [-0.3, -0.25) is 9.59 Å². The lowest BCUT2D eigenvalue weighted by Crippen LogP contribution is -2.44. The third kappa shape index (κ3) is 4.69. The van der Waals surface area contributed by atoms with E-state index in [4.69, 9.17) is 4.98 Å². The number of nitrogens with zero attached hydrogens (tertiary/aromatic N) is 8. The highest BCUT2D eigenvalue weighted by molar-refractivity contribution is 5.77. The molecule has 0 saturated carbocycles. The summed E-state index contributed by atoms with van der Waals surface area (Å²) in [6.45, 7) is 14.2. The van der Waals surface area contributed by atoms with Crippen LogP contribution >= 0.6 is 0 Å². The minimum Gasteiger partial charge on any atom is -0.369 e. The molecule has 3 aromatic heterocycles. The van der Waals surface area contributed by atoms with Crippen molar-refractivity contribution < 1.29 is 0 Å². The monoisotopic (exact) mass is 517 g/mol. The van der Waals surface area contributed by atoms with Crippen LogP contribution in [-0.2, 0) is 12.1 Å². The van der Waals surface area contributed by atoms with E-state index in [0.717, 1.165) is 31.9 Å². The number of hydrogen-bond acceptors (Lipinski definition) is 8. The highest BCUT2D eigenvalue weighted by atomic mass is 16.1. The van der Waals surface area contributed by atoms with E-state index in [2.05, 4.69) is 51.3 Å². The normalized spacial score (nSPS) is 14.8. The molecule has 200 valence electrons. The molecule has 38 heavy (non-hydrogen) atoms. The van der Waals surface area contributed by atoms with E-state index in [1.54, 1.807) is 21.6 Å². The lowest BCUT2D eigenvalue weighted by Gasteiger charge is -2.35. The van der Waals surface area contributed by atoms with Gasteiger partial charge in [-0.25, -0.2) is 19.0 Å². The maximum Gasteiger partial charge on any atom is 0.278 e. The zero-order valence-electron chi connectivity index (χ0n) is 22.9. The average molecular weight is 518 g/mol. The van der Waals surface area contributed by atoms with Gasteiger partial charge < -0.3 is 15.1 Å². The first-order valence-corrected chi connectivity index (χ1v) is 13.0. The fourth-order valence-electron chi connectivity index (χ4n) is 4.87. The Labute approximate surface area is 221 Å². The van der Waals surface area contributed by atoms with E-state index >= 15 is 0 Å².